The molecule has 0 saturated heterocycles. The summed E-state index contributed by atoms with van der Waals surface area (Å²) in [5, 5.41) is 9.62. The van der Waals surface area contributed by atoms with Crippen LogP contribution in [-0.4, -0.2) is 36.6 Å². The molecule has 0 amide bonds. The van der Waals surface area contributed by atoms with Crippen molar-refractivity contribution in [3.63, 3.8) is 0 Å². The second-order valence-corrected chi connectivity index (χ2v) is 6.29. The van der Waals surface area contributed by atoms with E-state index >= 15 is 0 Å². The maximum absolute atomic E-state index is 5.11. The van der Waals surface area contributed by atoms with Gasteiger partial charge in [-0.3, -0.25) is 4.68 Å². The van der Waals surface area contributed by atoms with E-state index in [2.05, 4.69) is 29.6 Å². The fourth-order valence-electron chi connectivity index (χ4n) is 3.40. The predicted molar refractivity (Wildman–Crippen MR) is 85.4 cm³/mol. The molecule has 0 unspecified atom stereocenters. The SMILES string of the molecule is COCCNCC1(Cc2nn(C)c3ccccc23)CCC1. The fourth-order valence-corrected chi connectivity index (χ4v) is 3.40. The Balaban J connectivity index is 1.73. The molecule has 1 aliphatic rings. The Morgan fingerprint density at radius 2 is 2.14 bits per heavy atom. The lowest BCUT2D eigenvalue weighted by molar-refractivity contribution is 0.122. The first-order valence-corrected chi connectivity index (χ1v) is 7.84. The van der Waals surface area contributed by atoms with Gasteiger partial charge < -0.3 is 10.1 Å². The van der Waals surface area contributed by atoms with Crippen LogP contribution in [0.2, 0.25) is 0 Å². The van der Waals surface area contributed by atoms with E-state index in [9.17, 15) is 0 Å². The molecule has 0 spiro atoms. The Hall–Kier alpha value is -1.39. The first kappa shape index (κ1) is 14.5. The number of fused-ring (bicyclic) bond motifs is 1. The molecular weight excluding hydrogens is 262 g/mol. The van der Waals surface area contributed by atoms with E-state index in [1.807, 2.05) is 11.7 Å². The molecule has 1 heterocycles. The van der Waals surface area contributed by atoms with Crippen LogP contribution in [0.25, 0.3) is 10.9 Å². The Labute approximate surface area is 126 Å². The van der Waals surface area contributed by atoms with Crippen molar-refractivity contribution in [1.29, 1.82) is 0 Å². The highest BCUT2D eigenvalue weighted by molar-refractivity contribution is 5.81. The molecule has 1 saturated carbocycles. The van der Waals surface area contributed by atoms with Gasteiger partial charge in [0.05, 0.1) is 17.8 Å². The van der Waals surface area contributed by atoms with Crippen LogP contribution in [0.15, 0.2) is 24.3 Å². The van der Waals surface area contributed by atoms with Crippen LogP contribution >= 0.6 is 0 Å². The van der Waals surface area contributed by atoms with E-state index in [4.69, 9.17) is 9.84 Å². The third kappa shape index (κ3) is 2.97. The van der Waals surface area contributed by atoms with Gasteiger partial charge in [0.25, 0.3) is 0 Å². The Morgan fingerprint density at radius 3 is 2.86 bits per heavy atom. The Bertz CT molecular complexity index is 601. The summed E-state index contributed by atoms with van der Waals surface area (Å²) in [7, 11) is 3.79. The average molecular weight is 287 g/mol. The first-order chi connectivity index (χ1) is 10.2. The molecule has 1 N–H and O–H groups in total. The summed E-state index contributed by atoms with van der Waals surface area (Å²) >= 11 is 0. The molecule has 1 aromatic heterocycles. The van der Waals surface area contributed by atoms with Gasteiger partial charge in [0.2, 0.25) is 0 Å². The smallest absolute Gasteiger partial charge is 0.0709 e. The summed E-state index contributed by atoms with van der Waals surface area (Å²) in [6.07, 6.45) is 5.03. The predicted octanol–water partition coefficient (Wildman–Crippen LogP) is 2.52. The summed E-state index contributed by atoms with van der Waals surface area (Å²) in [5.41, 5.74) is 2.88. The van der Waals surface area contributed by atoms with Gasteiger partial charge in [0.15, 0.2) is 0 Å². The second kappa shape index (κ2) is 6.16. The van der Waals surface area contributed by atoms with Gasteiger partial charge in [-0.15, -0.1) is 0 Å². The highest BCUT2D eigenvalue weighted by atomic mass is 16.5. The van der Waals surface area contributed by atoms with E-state index in [1.54, 1.807) is 7.11 Å². The van der Waals surface area contributed by atoms with Crippen LogP contribution in [0.5, 0.6) is 0 Å². The number of benzene rings is 1. The molecule has 21 heavy (non-hydrogen) atoms. The highest BCUT2D eigenvalue weighted by Crippen LogP contribution is 2.43. The molecule has 1 fully saturated rings. The van der Waals surface area contributed by atoms with Crippen molar-refractivity contribution >= 4 is 10.9 Å². The standard InChI is InChI=1S/C17H25N3O/c1-20-16-7-4-3-6-14(16)15(19-20)12-17(8-5-9-17)13-18-10-11-21-2/h3-4,6-7,18H,5,8-13H2,1-2H3. The molecule has 4 nitrogen and oxygen atoms in total. The van der Waals surface area contributed by atoms with Crippen LogP contribution in [0.4, 0.5) is 0 Å². The number of hydrogen-bond acceptors (Lipinski definition) is 3. The Morgan fingerprint density at radius 1 is 1.33 bits per heavy atom. The minimum atomic E-state index is 0.394. The normalized spacial score (nSPS) is 17.0. The van der Waals surface area contributed by atoms with Crippen molar-refractivity contribution in [2.24, 2.45) is 12.5 Å². The monoisotopic (exact) mass is 287 g/mol. The van der Waals surface area contributed by atoms with Crippen molar-refractivity contribution in [2.75, 3.05) is 26.8 Å². The quantitative estimate of drug-likeness (QED) is 0.795. The molecule has 3 rings (SSSR count). The number of rotatable bonds is 7. The van der Waals surface area contributed by atoms with Gasteiger partial charge in [-0.2, -0.15) is 5.10 Å². The number of nitrogens with zero attached hydrogens (tertiary/aromatic N) is 2. The number of nitrogens with one attached hydrogen (secondary N) is 1. The van der Waals surface area contributed by atoms with E-state index in [-0.39, 0.29) is 0 Å². The molecule has 0 aliphatic heterocycles. The van der Waals surface area contributed by atoms with Gasteiger partial charge in [-0.05, 0) is 30.7 Å². The fraction of sp³-hybridized carbons (Fsp3) is 0.588. The van der Waals surface area contributed by atoms with Crippen molar-refractivity contribution in [2.45, 2.75) is 25.7 Å². The topological polar surface area (TPSA) is 39.1 Å². The lowest BCUT2D eigenvalue weighted by atomic mass is 9.66. The number of methoxy groups -OCH3 is 1. The lowest BCUT2D eigenvalue weighted by Crippen LogP contribution is -2.42. The van der Waals surface area contributed by atoms with Crippen molar-refractivity contribution in [3.8, 4) is 0 Å². The molecule has 114 valence electrons. The third-order valence-electron chi connectivity index (χ3n) is 4.77. The average Bonchev–Trinajstić information content (AvgIpc) is 2.77. The van der Waals surface area contributed by atoms with Crippen LogP contribution in [0.1, 0.15) is 25.0 Å². The zero-order chi connectivity index (χ0) is 14.7. The maximum Gasteiger partial charge on any atom is 0.0709 e. The summed E-state index contributed by atoms with van der Waals surface area (Å²) < 4.78 is 7.12. The van der Waals surface area contributed by atoms with Crippen molar-refractivity contribution in [1.82, 2.24) is 15.1 Å². The summed E-state index contributed by atoms with van der Waals surface area (Å²) in [6, 6.07) is 8.54. The van der Waals surface area contributed by atoms with E-state index in [1.165, 1.54) is 35.9 Å². The van der Waals surface area contributed by atoms with E-state index < -0.39 is 0 Å². The van der Waals surface area contributed by atoms with Crippen molar-refractivity contribution < 1.29 is 4.74 Å². The Kier molecular flexibility index (Phi) is 4.27. The molecule has 0 atom stereocenters. The van der Waals surface area contributed by atoms with Crippen LogP contribution in [0, 0.1) is 5.41 Å². The molecule has 1 aromatic carbocycles. The van der Waals surface area contributed by atoms with Gasteiger partial charge in [-0.25, -0.2) is 0 Å². The number of hydrogen-bond donors (Lipinski definition) is 1. The van der Waals surface area contributed by atoms with Gasteiger partial charge >= 0.3 is 0 Å². The number of ether oxygens (including phenoxy) is 1. The van der Waals surface area contributed by atoms with Gasteiger partial charge in [-0.1, -0.05) is 24.6 Å². The zero-order valence-electron chi connectivity index (χ0n) is 13.1. The highest BCUT2D eigenvalue weighted by Gasteiger charge is 2.37. The van der Waals surface area contributed by atoms with Crippen LogP contribution < -0.4 is 5.32 Å². The zero-order valence-corrected chi connectivity index (χ0v) is 13.1. The maximum atomic E-state index is 5.11. The van der Waals surface area contributed by atoms with E-state index in [0.29, 0.717) is 5.41 Å². The largest absolute Gasteiger partial charge is 0.383 e. The summed E-state index contributed by atoms with van der Waals surface area (Å²) in [5.74, 6) is 0. The molecule has 0 radical (unpaired) electrons. The van der Waals surface area contributed by atoms with Crippen LogP contribution in [-0.2, 0) is 18.2 Å². The minimum absolute atomic E-state index is 0.394. The number of aromatic nitrogens is 2. The second-order valence-electron chi connectivity index (χ2n) is 6.29. The van der Waals surface area contributed by atoms with Crippen molar-refractivity contribution in [3.05, 3.63) is 30.0 Å². The van der Waals surface area contributed by atoms with Crippen LogP contribution in [0.3, 0.4) is 0 Å². The minimum Gasteiger partial charge on any atom is -0.383 e. The third-order valence-corrected chi connectivity index (χ3v) is 4.77. The van der Waals surface area contributed by atoms with Gasteiger partial charge in [0.1, 0.15) is 0 Å². The molecule has 2 aromatic rings. The first-order valence-electron chi connectivity index (χ1n) is 7.84. The number of aryl methyl sites for hydroxylation is 1. The molecular formula is C17H25N3O. The number of para-hydroxylation sites is 1. The molecule has 0 bridgehead atoms. The lowest BCUT2D eigenvalue weighted by Gasteiger charge is -2.42. The van der Waals surface area contributed by atoms with Gasteiger partial charge in [0, 0.05) is 32.6 Å². The summed E-state index contributed by atoms with van der Waals surface area (Å²) in [4.78, 5) is 0. The van der Waals surface area contributed by atoms with E-state index in [0.717, 1.165) is 26.1 Å². The molecule has 4 heteroatoms. The molecule has 1 aliphatic carbocycles. The summed E-state index contributed by atoms with van der Waals surface area (Å²) in [6.45, 7) is 2.78.